The molecule has 5 rings (SSSR count). The van der Waals surface area contributed by atoms with Crippen LogP contribution < -0.4 is 10.3 Å². The van der Waals surface area contributed by atoms with Crippen molar-refractivity contribution >= 4 is 16.7 Å². The molecule has 0 saturated heterocycles. The first-order valence-corrected chi connectivity index (χ1v) is 9.06. The predicted octanol–water partition coefficient (Wildman–Crippen LogP) is 4.43. The van der Waals surface area contributed by atoms with Crippen LogP contribution in [0.4, 0.5) is 0 Å². The van der Waals surface area contributed by atoms with E-state index in [0.717, 1.165) is 27.6 Å². The molecule has 0 saturated carbocycles. The van der Waals surface area contributed by atoms with Gasteiger partial charge in [-0.05, 0) is 17.7 Å². The van der Waals surface area contributed by atoms with Gasteiger partial charge in [0, 0.05) is 34.7 Å². The topological polar surface area (TPSA) is 48.3 Å². The van der Waals surface area contributed by atoms with Gasteiger partial charge in [0.05, 0.1) is 18.2 Å². The number of benzene rings is 3. The fourth-order valence-electron chi connectivity index (χ4n) is 4.20. The molecule has 0 atom stereocenters. The molecule has 136 valence electrons. The normalized spacial score (nSPS) is 12.1. The second-order valence-electron chi connectivity index (χ2n) is 6.89. The third-order valence-electron chi connectivity index (χ3n) is 5.48. The number of aryl methyl sites for hydroxylation is 1. The number of ketones is 1. The number of methoxy groups -OCH3 is 1. The molecule has 3 aromatic carbocycles. The Kier molecular flexibility index (Phi) is 3.49. The summed E-state index contributed by atoms with van der Waals surface area (Å²) in [5, 5.41) is 0.814. The van der Waals surface area contributed by atoms with E-state index in [0.29, 0.717) is 22.4 Å². The Labute approximate surface area is 161 Å². The van der Waals surface area contributed by atoms with Crippen molar-refractivity contribution in [3.63, 3.8) is 0 Å². The van der Waals surface area contributed by atoms with E-state index in [4.69, 9.17) is 4.74 Å². The minimum atomic E-state index is -0.117. The maximum absolute atomic E-state index is 13.5. The van der Waals surface area contributed by atoms with Gasteiger partial charge in [-0.1, -0.05) is 54.6 Å². The third kappa shape index (κ3) is 2.06. The number of carbonyl (C=O) groups is 1. The Morgan fingerprint density at radius 3 is 2.11 bits per heavy atom. The van der Waals surface area contributed by atoms with Gasteiger partial charge < -0.3 is 9.30 Å². The first kappa shape index (κ1) is 16.5. The Morgan fingerprint density at radius 1 is 0.714 bits per heavy atom. The first-order valence-electron chi connectivity index (χ1n) is 9.06. The van der Waals surface area contributed by atoms with Crippen LogP contribution in [0.5, 0.6) is 5.75 Å². The minimum Gasteiger partial charge on any atom is -0.496 e. The molecule has 0 unspecified atom stereocenters. The smallest absolute Gasteiger partial charge is 0.259 e. The lowest BCUT2D eigenvalue weighted by atomic mass is 9.80. The Morgan fingerprint density at radius 2 is 1.36 bits per heavy atom. The monoisotopic (exact) mass is 367 g/mol. The lowest BCUT2D eigenvalue weighted by Gasteiger charge is -2.24. The molecule has 0 N–H and O–H groups in total. The molecule has 1 aromatic heterocycles. The Bertz CT molecular complexity index is 1350. The molecule has 4 heteroatoms. The van der Waals surface area contributed by atoms with Crippen molar-refractivity contribution < 1.29 is 9.53 Å². The van der Waals surface area contributed by atoms with Gasteiger partial charge in [0.2, 0.25) is 0 Å². The van der Waals surface area contributed by atoms with Crippen LogP contribution in [0.15, 0.2) is 71.5 Å². The zero-order valence-corrected chi connectivity index (χ0v) is 15.5. The van der Waals surface area contributed by atoms with Crippen LogP contribution in [-0.2, 0) is 7.05 Å². The SMILES string of the molecule is COc1ccccc1-c1c2c3c(cccc3n(C)c1=O)C(=O)c1ccccc1-2. The van der Waals surface area contributed by atoms with Gasteiger partial charge in [0.15, 0.2) is 5.78 Å². The van der Waals surface area contributed by atoms with Crippen LogP contribution >= 0.6 is 0 Å². The van der Waals surface area contributed by atoms with Gasteiger partial charge in [-0.25, -0.2) is 0 Å². The zero-order chi connectivity index (χ0) is 19.4. The first-order chi connectivity index (χ1) is 13.6. The summed E-state index contributed by atoms with van der Waals surface area (Å²) in [7, 11) is 3.34. The summed E-state index contributed by atoms with van der Waals surface area (Å²) in [5.41, 5.74) is 4.74. The van der Waals surface area contributed by atoms with Gasteiger partial charge >= 0.3 is 0 Å². The number of hydrogen-bond donors (Lipinski definition) is 0. The summed E-state index contributed by atoms with van der Waals surface area (Å²) in [6, 6.07) is 20.5. The lowest BCUT2D eigenvalue weighted by molar-refractivity contribution is 0.104. The van der Waals surface area contributed by atoms with Crippen LogP contribution in [0.1, 0.15) is 15.9 Å². The average Bonchev–Trinajstić information content (AvgIpc) is 2.74. The van der Waals surface area contributed by atoms with Crippen molar-refractivity contribution in [2.45, 2.75) is 0 Å². The average molecular weight is 367 g/mol. The molecule has 0 bridgehead atoms. The van der Waals surface area contributed by atoms with E-state index in [1.807, 2.05) is 66.7 Å². The van der Waals surface area contributed by atoms with Crippen LogP contribution in [-0.4, -0.2) is 17.5 Å². The molecule has 0 amide bonds. The minimum absolute atomic E-state index is 0.0154. The molecule has 0 radical (unpaired) electrons. The summed E-state index contributed by atoms with van der Waals surface area (Å²) < 4.78 is 7.16. The molecular weight excluding hydrogens is 350 g/mol. The lowest BCUT2D eigenvalue weighted by Crippen LogP contribution is -2.23. The van der Waals surface area contributed by atoms with Crippen molar-refractivity contribution in [1.29, 1.82) is 0 Å². The van der Waals surface area contributed by atoms with Crippen LogP contribution in [0, 0.1) is 0 Å². The van der Waals surface area contributed by atoms with E-state index in [-0.39, 0.29) is 11.3 Å². The Balaban J connectivity index is 2.08. The predicted molar refractivity (Wildman–Crippen MR) is 110 cm³/mol. The molecule has 4 nitrogen and oxygen atoms in total. The van der Waals surface area contributed by atoms with E-state index < -0.39 is 0 Å². The zero-order valence-electron chi connectivity index (χ0n) is 15.5. The number of fused-ring (bicyclic) bond motifs is 2. The van der Waals surface area contributed by atoms with Crippen molar-refractivity contribution in [2.24, 2.45) is 7.05 Å². The van der Waals surface area contributed by atoms with Crippen molar-refractivity contribution in [1.82, 2.24) is 4.57 Å². The van der Waals surface area contributed by atoms with Crippen LogP contribution in [0.2, 0.25) is 0 Å². The molecular formula is C24H17NO3. The fourth-order valence-corrected chi connectivity index (χ4v) is 4.20. The third-order valence-corrected chi connectivity index (χ3v) is 5.48. The number of pyridine rings is 1. The summed E-state index contributed by atoms with van der Waals surface area (Å²) in [6.45, 7) is 0. The van der Waals surface area contributed by atoms with Crippen LogP contribution in [0.3, 0.4) is 0 Å². The van der Waals surface area contributed by atoms with E-state index in [1.165, 1.54) is 0 Å². The quantitative estimate of drug-likeness (QED) is 0.464. The number of ether oxygens (including phenoxy) is 1. The van der Waals surface area contributed by atoms with Gasteiger partial charge in [-0.3, -0.25) is 9.59 Å². The standard InChI is InChI=1S/C24H17NO3/c1-25-18-12-7-11-17-20(18)21(14-8-3-4-9-15(14)23(17)26)22(24(25)27)16-10-5-6-13-19(16)28-2/h3-13H,1-2H3. The van der Waals surface area contributed by atoms with Crippen molar-refractivity contribution in [3.8, 4) is 28.0 Å². The summed E-state index contributed by atoms with van der Waals surface area (Å²) >= 11 is 0. The summed E-state index contributed by atoms with van der Waals surface area (Å²) in [5.74, 6) is 0.611. The number of aromatic nitrogens is 1. The van der Waals surface area contributed by atoms with Gasteiger partial charge in [0.25, 0.3) is 5.56 Å². The Hall–Kier alpha value is -3.66. The second-order valence-corrected chi connectivity index (χ2v) is 6.89. The summed E-state index contributed by atoms with van der Waals surface area (Å²) in [6.07, 6.45) is 0. The van der Waals surface area contributed by atoms with E-state index in [9.17, 15) is 9.59 Å². The fraction of sp³-hybridized carbons (Fsp3) is 0.0833. The maximum atomic E-state index is 13.5. The molecule has 28 heavy (non-hydrogen) atoms. The highest BCUT2D eigenvalue weighted by Crippen LogP contribution is 2.44. The highest BCUT2D eigenvalue weighted by Gasteiger charge is 2.30. The molecule has 0 fully saturated rings. The maximum Gasteiger partial charge on any atom is 0.259 e. The highest BCUT2D eigenvalue weighted by atomic mass is 16.5. The van der Waals surface area contributed by atoms with Crippen molar-refractivity contribution in [2.75, 3.05) is 7.11 Å². The van der Waals surface area contributed by atoms with Crippen LogP contribution in [0.25, 0.3) is 33.2 Å². The number of carbonyl (C=O) groups excluding carboxylic acids is 1. The largest absolute Gasteiger partial charge is 0.496 e. The highest BCUT2D eigenvalue weighted by molar-refractivity contribution is 6.27. The van der Waals surface area contributed by atoms with E-state index >= 15 is 0 Å². The molecule has 4 aromatic rings. The van der Waals surface area contributed by atoms with E-state index in [1.54, 1.807) is 18.7 Å². The van der Waals surface area contributed by atoms with Gasteiger partial charge in [0.1, 0.15) is 5.75 Å². The number of para-hydroxylation sites is 1. The molecule has 1 aliphatic rings. The number of rotatable bonds is 2. The second kappa shape index (κ2) is 5.92. The summed E-state index contributed by atoms with van der Waals surface area (Å²) in [4.78, 5) is 26.6. The number of nitrogens with zero attached hydrogens (tertiary/aromatic N) is 1. The molecule has 1 heterocycles. The molecule has 0 spiro atoms. The van der Waals surface area contributed by atoms with Gasteiger partial charge in [-0.2, -0.15) is 0 Å². The molecule has 1 aliphatic carbocycles. The van der Waals surface area contributed by atoms with Gasteiger partial charge in [-0.15, -0.1) is 0 Å². The molecule has 0 aliphatic heterocycles. The van der Waals surface area contributed by atoms with Crippen molar-refractivity contribution in [3.05, 3.63) is 88.2 Å². The van der Waals surface area contributed by atoms with E-state index in [2.05, 4.69) is 0 Å². The number of hydrogen-bond acceptors (Lipinski definition) is 3.